The van der Waals surface area contributed by atoms with Gasteiger partial charge < -0.3 is 11.1 Å². The Labute approximate surface area is 153 Å². The number of nitrogens with one attached hydrogen (secondary N) is 1. The van der Waals surface area contributed by atoms with Crippen LogP contribution in [0, 0.1) is 0 Å². The zero-order chi connectivity index (χ0) is 18.6. The van der Waals surface area contributed by atoms with E-state index in [0.717, 1.165) is 11.3 Å². The minimum Gasteiger partial charge on any atom is -0.397 e. The van der Waals surface area contributed by atoms with E-state index < -0.39 is 10.0 Å². The Morgan fingerprint density at radius 1 is 1.04 bits per heavy atom. The van der Waals surface area contributed by atoms with Crippen LogP contribution in [-0.4, -0.2) is 20.4 Å². The number of hydrogen-bond acceptors (Lipinski definition) is 5. The Morgan fingerprint density at radius 3 is 2.38 bits per heavy atom. The van der Waals surface area contributed by atoms with Crippen LogP contribution in [0.5, 0.6) is 0 Å². The predicted octanol–water partition coefficient (Wildman–Crippen LogP) is 3.10. The highest BCUT2D eigenvalue weighted by Crippen LogP contribution is 2.28. The first-order valence-corrected chi connectivity index (χ1v) is 9.49. The van der Waals surface area contributed by atoms with Crippen LogP contribution in [-0.2, 0) is 16.6 Å². The Hall–Kier alpha value is -3.06. The molecule has 3 rings (SSSR count). The molecule has 3 N–H and O–H groups in total. The topological polar surface area (TPSA) is 88.3 Å². The second-order valence-corrected chi connectivity index (χ2v) is 7.74. The molecular weight excluding hydrogens is 348 g/mol. The number of rotatable bonds is 6. The van der Waals surface area contributed by atoms with Gasteiger partial charge in [-0.15, -0.1) is 0 Å². The number of nitrogens with zero attached hydrogens (tertiary/aromatic N) is 2. The van der Waals surface area contributed by atoms with Gasteiger partial charge in [-0.25, -0.2) is 8.42 Å². The Kier molecular flexibility index (Phi) is 5.09. The van der Waals surface area contributed by atoms with Crippen molar-refractivity contribution in [3.8, 4) is 0 Å². The highest BCUT2D eigenvalue weighted by Gasteiger charge is 2.21. The summed E-state index contributed by atoms with van der Waals surface area (Å²) < 4.78 is 26.6. The van der Waals surface area contributed by atoms with E-state index in [1.54, 1.807) is 60.9 Å². The standard InChI is InChI=1S/C19H20N4O2S/c1-23(26(24,25)17-5-3-2-4-6-17)16-7-8-19(18(20)13-16)22-14-15-9-11-21-12-10-15/h2-13,22H,14,20H2,1H3. The minimum atomic E-state index is -3.63. The summed E-state index contributed by atoms with van der Waals surface area (Å²) in [6.45, 7) is 0.601. The largest absolute Gasteiger partial charge is 0.397 e. The molecule has 0 fully saturated rings. The van der Waals surface area contributed by atoms with Crippen LogP contribution in [0.1, 0.15) is 5.56 Å². The van der Waals surface area contributed by atoms with Gasteiger partial charge >= 0.3 is 0 Å². The van der Waals surface area contributed by atoms with Gasteiger partial charge in [-0.2, -0.15) is 0 Å². The Morgan fingerprint density at radius 2 is 1.73 bits per heavy atom. The molecule has 0 unspecified atom stereocenters. The lowest BCUT2D eigenvalue weighted by Gasteiger charge is -2.21. The van der Waals surface area contributed by atoms with Crippen molar-refractivity contribution >= 4 is 27.1 Å². The van der Waals surface area contributed by atoms with Gasteiger partial charge in [0.2, 0.25) is 0 Å². The number of aromatic nitrogens is 1. The SMILES string of the molecule is CN(c1ccc(NCc2ccncc2)c(N)c1)S(=O)(=O)c1ccccc1. The molecule has 0 saturated heterocycles. The summed E-state index contributed by atoms with van der Waals surface area (Å²) in [5, 5.41) is 3.25. The number of benzene rings is 2. The van der Waals surface area contributed by atoms with Gasteiger partial charge in [0, 0.05) is 26.0 Å². The number of nitrogen functional groups attached to an aromatic ring is 1. The van der Waals surface area contributed by atoms with E-state index in [4.69, 9.17) is 5.73 Å². The fourth-order valence-corrected chi connectivity index (χ4v) is 3.70. The molecule has 0 aliphatic heterocycles. The maximum Gasteiger partial charge on any atom is 0.264 e. The van der Waals surface area contributed by atoms with Gasteiger partial charge in [-0.05, 0) is 48.0 Å². The summed E-state index contributed by atoms with van der Waals surface area (Å²) in [4.78, 5) is 4.22. The Bertz CT molecular complexity index is 977. The quantitative estimate of drug-likeness (QED) is 0.653. The van der Waals surface area contributed by atoms with Gasteiger partial charge in [-0.1, -0.05) is 18.2 Å². The van der Waals surface area contributed by atoms with Crippen molar-refractivity contribution in [2.45, 2.75) is 11.4 Å². The van der Waals surface area contributed by atoms with Crippen molar-refractivity contribution in [2.75, 3.05) is 22.4 Å². The number of hydrogen-bond donors (Lipinski definition) is 2. The summed E-state index contributed by atoms with van der Waals surface area (Å²) in [6.07, 6.45) is 3.46. The van der Waals surface area contributed by atoms with Crippen molar-refractivity contribution in [1.29, 1.82) is 0 Å². The molecular formula is C19H20N4O2S. The van der Waals surface area contributed by atoms with Gasteiger partial charge in [0.15, 0.2) is 0 Å². The smallest absolute Gasteiger partial charge is 0.264 e. The highest BCUT2D eigenvalue weighted by atomic mass is 32.2. The first kappa shape index (κ1) is 17.8. The lowest BCUT2D eigenvalue weighted by Crippen LogP contribution is -2.26. The number of pyridine rings is 1. The molecule has 7 heteroatoms. The van der Waals surface area contributed by atoms with Gasteiger partial charge in [-0.3, -0.25) is 9.29 Å². The first-order valence-electron chi connectivity index (χ1n) is 8.05. The second kappa shape index (κ2) is 7.45. The number of nitrogens with two attached hydrogens (primary N) is 1. The third-order valence-electron chi connectivity index (χ3n) is 4.03. The summed E-state index contributed by atoms with van der Waals surface area (Å²) in [5.41, 5.74) is 8.91. The van der Waals surface area contributed by atoms with Crippen molar-refractivity contribution in [2.24, 2.45) is 0 Å². The molecule has 0 amide bonds. The highest BCUT2D eigenvalue weighted by molar-refractivity contribution is 7.92. The monoisotopic (exact) mass is 368 g/mol. The zero-order valence-corrected chi connectivity index (χ0v) is 15.1. The van der Waals surface area contributed by atoms with Crippen LogP contribution in [0.15, 0.2) is 78.0 Å². The van der Waals surface area contributed by atoms with Crippen LogP contribution in [0.25, 0.3) is 0 Å². The predicted molar refractivity (Wildman–Crippen MR) is 104 cm³/mol. The van der Waals surface area contributed by atoms with Crippen LogP contribution in [0.4, 0.5) is 17.1 Å². The maximum atomic E-state index is 12.7. The summed E-state index contributed by atoms with van der Waals surface area (Å²) in [7, 11) is -2.11. The molecule has 2 aromatic carbocycles. The maximum absolute atomic E-state index is 12.7. The van der Waals surface area contributed by atoms with Gasteiger partial charge in [0.1, 0.15) is 0 Å². The molecule has 0 saturated carbocycles. The second-order valence-electron chi connectivity index (χ2n) is 5.77. The van der Waals surface area contributed by atoms with E-state index in [0.29, 0.717) is 17.9 Å². The van der Waals surface area contributed by atoms with Crippen molar-refractivity contribution in [1.82, 2.24) is 4.98 Å². The van der Waals surface area contributed by atoms with E-state index in [1.165, 1.54) is 11.4 Å². The third-order valence-corrected chi connectivity index (χ3v) is 5.83. The molecule has 0 atom stereocenters. The summed E-state index contributed by atoms with van der Waals surface area (Å²) in [5.74, 6) is 0. The lowest BCUT2D eigenvalue weighted by atomic mass is 10.2. The average Bonchev–Trinajstić information content (AvgIpc) is 2.68. The zero-order valence-electron chi connectivity index (χ0n) is 14.3. The van der Waals surface area contributed by atoms with E-state index >= 15 is 0 Å². The van der Waals surface area contributed by atoms with E-state index in [9.17, 15) is 8.42 Å². The van der Waals surface area contributed by atoms with E-state index in [2.05, 4.69) is 10.3 Å². The van der Waals surface area contributed by atoms with Crippen molar-refractivity contribution < 1.29 is 8.42 Å². The normalized spacial score (nSPS) is 11.1. The molecule has 0 radical (unpaired) electrons. The first-order chi connectivity index (χ1) is 12.5. The molecule has 0 aliphatic rings. The summed E-state index contributed by atoms with van der Waals surface area (Å²) >= 11 is 0. The molecule has 6 nitrogen and oxygen atoms in total. The van der Waals surface area contributed by atoms with E-state index in [1.807, 2.05) is 12.1 Å². The van der Waals surface area contributed by atoms with Crippen molar-refractivity contribution in [3.05, 3.63) is 78.6 Å². The van der Waals surface area contributed by atoms with Crippen LogP contribution < -0.4 is 15.4 Å². The van der Waals surface area contributed by atoms with Gasteiger partial charge in [0.05, 0.1) is 22.0 Å². The van der Waals surface area contributed by atoms with Gasteiger partial charge in [0.25, 0.3) is 10.0 Å². The Balaban J connectivity index is 1.78. The molecule has 0 aliphatic carbocycles. The molecule has 1 heterocycles. The molecule has 26 heavy (non-hydrogen) atoms. The molecule has 134 valence electrons. The fourth-order valence-electron chi connectivity index (χ4n) is 2.49. The summed E-state index contributed by atoms with van der Waals surface area (Å²) in [6, 6.07) is 17.3. The van der Waals surface area contributed by atoms with Crippen LogP contribution in [0.2, 0.25) is 0 Å². The van der Waals surface area contributed by atoms with Crippen LogP contribution in [0.3, 0.4) is 0 Å². The molecule has 1 aromatic heterocycles. The lowest BCUT2D eigenvalue weighted by molar-refractivity contribution is 0.594. The van der Waals surface area contributed by atoms with E-state index in [-0.39, 0.29) is 4.90 Å². The molecule has 0 bridgehead atoms. The number of anilines is 3. The van der Waals surface area contributed by atoms with Crippen LogP contribution >= 0.6 is 0 Å². The minimum absolute atomic E-state index is 0.237. The molecule has 0 spiro atoms. The third kappa shape index (κ3) is 3.78. The number of sulfonamides is 1. The average molecular weight is 368 g/mol. The molecule has 3 aromatic rings. The fraction of sp³-hybridized carbons (Fsp3) is 0.105. The van der Waals surface area contributed by atoms with Crippen molar-refractivity contribution in [3.63, 3.8) is 0 Å².